The number of sulfonamides is 1. The minimum absolute atomic E-state index is 0.164. The summed E-state index contributed by atoms with van der Waals surface area (Å²) >= 11 is 1.68. The van der Waals surface area contributed by atoms with Gasteiger partial charge in [0.15, 0.2) is 0 Å². The lowest BCUT2D eigenvalue weighted by molar-refractivity contribution is -0.130. The maximum absolute atomic E-state index is 13.3. The lowest BCUT2D eigenvalue weighted by Gasteiger charge is -2.43. The predicted molar refractivity (Wildman–Crippen MR) is 129 cm³/mol. The molecule has 0 aliphatic carbocycles. The lowest BCUT2D eigenvalue weighted by atomic mass is 10.0. The van der Waals surface area contributed by atoms with Crippen LogP contribution in [0.4, 0.5) is 0 Å². The van der Waals surface area contributed by atoms with E-state index in [0.29, 0.717) is 43.1 Å². The van der Waals surface area contributed by atoms with E-state index in [1.807, 2.05) is 53.4 Å². The number of hydrogen-bond donors (Lipinski definition) is 0. The van der Waals surface area contributed by atoms with E-state index in [0.717, 1.165) is 17.2 Å². The zero-order chi connectivity index (χ0) is 22.2. The minimum Gasteiger partial charge on any atom is -0.327 e. The van der Waals surface area contributed by atoms with Gasteiger partial charge in [-0.2, -0.15) is 4.31 Å². The van der Waals surface area contributed by atoms with Gasteiger partial charge in [0.2, 0.25) is 15.9 Å². The van der Waals surface area contributed by atoms with Crippen LogP contribution in [0.1, 0.15) is 18.4 Å². The van der Waals surface area contributed by atoms with E-state index < -0.39 is 10.0 Å². The van der Waals surface area contributed by atoms with Gasteiger partial charge in [-0.3, -0.25) is 4.79 Å². The summed E-state index contributed by atoms with van der Waals surface area (Å²) in [4.78, 5) is 14.7. The summed E-state index contributed by atoms with van der Waals surface area (Å²) in [5.41, 5.74) is 1.21. The molecule has 5 nitrogen and oxygen atoms in total. The topological polar surface area (TPSA) is 57.7 Å². The first kappa shape index (κ1) is 21.5. The summed E-state index contributed by atoms with van der Waals surface area (Å²) in [6.07, 6.45) is 2.13. The number of thioether (sulfide) groups is 1. The molecule has 2 fully saturated rings. The smallest absolute Gasteiger partial charge is 0.243 e. The van der Waals surface area contributed by atoms with E-state index in [1.165, 1.54) is 5.56 Å². The Morgan fingerprint density at radius 2 is 1.56 bits per heavy atom. The Morgan fingerprint density at radius 1 is 0.875 bits per heavy atom. The van der Waals surface area contributed by atoms with Gasteiger partial charge in [-0.25, -0.2) is 8.42 Å². The predicted octanol–water partition coefficient (Wildman–Crippen LogP) is 4.14. The van der Waals surface area contributed by atoms with Gasteiger partial charge in [-0.15, -0.1) is 11.8 Å². The number of rotatable bonds is 5. The minimum atomic E-state index is -3.57. The number of fused-ring (bicyclic) bond motifs is 1. The van der Waals surface area contributed by atoms with Gasteiger partial charge in [0.1, 0.15) is 0 Å². The van der Waals surface area contributed by atoms with Crippen molar-refractivity contribution in [1.29, 1.82) is 0 Å². The third kappa shape index (κ3) is 3.93. The van der Waals surface area contributed by atoms with Crippen molar-refractivity contribution in [3.05, 3.63) is 78.4 Å². The van der Waals surface area contributed by atoms with E-state index >= 15 is 0 Å². The second kappa shape index (κ2) is 8.54. The van der Waals surface area contributed by atoms with Crippen LogP contribution in [0, 0.1) is 0 Å². The highest BCUT2D eigenvalue weighted by Gasteiger charge is 2.48. The molecular formula is C25H26N2O3S2. The molecule has 1 amide bonds. The number of carbonyl (C=O) groups is 1. The summed E-state index contributed by atoms with van der Waals surface area (Å²) in [5.74, 6) is 0.642. The van der Waals surface area contributed by atoms with Crippen molar-refractivity contribution in [2.24, 2.45) is 0 Å². The average Bonchev–Trinajstić information content (AvgIpc) is 3.12. The van der Waals surface area contributed by atoms with Gasteiger partial charge in [0.25, 0.3) is 0 Å². The second-order valence-electron chi connectivity index (χ2n) is 8.43. The molecule has 32 heavy (non-hydrogen) atoms. The van der Waals surface area contributed by atoms with Crippen LogP contribution in [0.2, 0.25) is 0 Å². The summed E-state index contributed by atoms with van der Waals surface area (Å²) in [7, 11) is -3.57. The molecule has 0 saturated carbocycles. The van der Waals surface area contributed by atoms with Gasteiger partial charge in [0, 0.05) is 19.6 Å². The Labute approximate surface area is 193 Å². The van der Waals surface area contributed by atoms with Gasteiger partial charge in [0.05, 0.1) is 15.5 Å². The van der Waals surface area contributed by atoms with Crippen LogP contribution < -0.4 is 0 Å². The van der Waals surface area contributed by atoms with Crippen LogP contribution in [-0.2, 0) is 21.2 Å². The molecule has 2 aliphatic rings. The molecule has 166 valence electrons. The Balaban J connectivity index is 1.31. The first-order valence-corrected chi connectivity index (χ1v) is 13.4. The molecule has 3 aromatic carbocycles. The van der Waals surface area contributed by atoms with Gasteiger partial charge in [-0.1, -0.05) is 60.7 Å². The van der Waals surface area contributed by atoms with E-state index in [-0.39, 0.29) is 10.8 Å². The largest absolute Gasteiger partial charge is 0.327 e. The van der Waals surface area contributed by atoms with Gasteiger partial charge >= 0.3 is 0 Å². The van der Waals surface area contributed by atoms with Crippen molar-refractivity contribution >= 4 is 38.5 Å². The number of hydrogen-bond acceptors (Lipinski definition) is 4. The standard InChI is InChI=1S/C25H26N2O3S2/c28-24-19-31-25(27(24)15-12-20-6-2-1-3-7-20)13-16-26(17-14-25)32(29,30)23-11-10-21-8-4-5-9-22(21)18-23/h1-11,18H,12-17,19H2. The Bertz CT molecular complexity index is 1240. The number of nitrogens with zero attached hydrogens (tertiary/aromatic N) is 2. The van der Waals surface area contributed by atoms with Crippen molar-refractivity contribution in [2.75, 3.05) is 25.4 Å². The summed E-state index contributed by atoms with van der Waals surface area (Å²) in [5, 5.41) is 1.95. The first-order valence-electron chi connectivity index (χ1n) is 11.0. The molecule has 0 radical (unpaired) electrons. The Hall–Kier alpha value is -2.35. The third-order valence-corrected chi connectivity index (χ3v) is 10.0. The quantitative estimate of drug-likeness (QED) is 0.567. The summed E-state index contributed by atoms with van der Waals surface area (Å²) in [6, 6.07) is 23.3. The fourth-order valence-electron chi connectivity index (χ4n) is 4.76. The average molecular weight is 467 g/mol. The van der Waals surface area contributed by atoms with E-state index in [9.17, 15) is 13.2 Å². The maximum atomic E-state index is 13.3. The second-order valence-corrected chi connectivity index (χ2v) is 11.7. The zero-order valence-corrected chi connectivity index (χ0v) is 19.4. The molecule has 0 unspecified atom stereocenters. The molecule has 7 heteroatoms. The number of piperidine rings is 1. The van der Waals surface area contributed by atoms with Crippen LogP contribution in [-0.4, -0.2) is 53.8 Å². The monoisotopic (exact) mass is 466 g/mol. The Kier molecular flexibility index (Phi) is 5.73. The van der Waals surface area contributed by atoms with Crippen LogP contribution in [0.15, 0.2) is 77.7 Å². The maximum Gasteiger partial charge on any atom is 0.243 e. The molecule has 0 aromatic heterocycles. The fraction of sp³-hybridized carbons (Fsp3) is 0.320. The van der Waals surface area contributed by atoms with Crippen molar-refractivity contribution < 1.29 is 13.2 Å². The molecule has 2 heterocycles. The molecular weight excluding hydrogens is 440 g/mol. The highest BCUT2D eigenvalue weighted by Crippen LogP contribution is 2.45. The van der Waals surface area contributed by atoms with Crippen LogP contribution in [0.25, 0.3) is 10.8 Å². The van der Waals surface area contributed by atoms with Crippen LogP contribution >= 0.6 is 11.8 Å². The van der Waals surface area contributed by atoms with Crippen molar-refractivity contribution in [2.45, 2.75) is 29.0 Å². The molecule has 5 rings (SSSR count). The SMILES string of the molecule is O=C1CSC2(CCN(S(=O)(=O)c3ccc4ccccc4c3)CC2)N1CCc1ccccc1. The molecule has 1 spiro atoms. The zero-order valence-electron chi connectivity index (χ0n) is 17.8. The normalized spacial score (nSPS) is 19.1. The molecule has 0 bridgehead atoms. The number of amides is 1. The highest BCUT2D eigenvalue weighted by molar-refractivity contribution is 8.01. The molecule has 2 saturated heterocycles. The Morgan fingerprint density at radius 3 is 2.31 bits per heavy atom. The first-order chi connectivity index (χ1) is 15.5. The van der Waals surface area contributed by atoms with E-state index in [4.69, 9.17) is 0 Å². The highest BCUT2D eigenvalue weighted by atomic mass is 32.2. The summed E-state index contributed by atoms with van der Waals surface area (Å²) in [6.45, 7) is 1.53. The fourth-order valence-corrected chi connectivity index (χ4v) is 7.61. The lowest BCUT2D eigenvalue weighted by Crippen LogP contribution is -2.53. The molecule has 3 aromatic rings. The molecule has 0 atom stereocenters. The number of carbonyl (C=O) groups excluding carboxylic acids is 1. The molecule has 0 N–H and O–H groups in total. The van der Waals surface area contributed by atoms with Gasteiger partial charge < -0.3 is 4.90 Å². The van der Waals surface area contributed by atoms with E-state index in [1.54, 1.807) is 28.2 Å². The van der Waals surface area contributed by atoms with Crippen molar-refractivity contribution in [1.82, 2.24) is 9.21 Å². The van der Waals surface area contributed by atoms with Crippen molar-refractivity contribution in [3.8, 4) is 0 Å². The number of benzene rings is 3. The van der Waals surface area contributed by atoms with E-state index in [2.05, 4.69) is 12.1 Å². The third-order valence-electron chi connectivity index (χ3n) is 6.59. The molecule has 2 aliphatic heterocycles. The van der Waals surface area contributed by atoms with Crippen molar-refractivity contribution in [3.63, 3.8) is 0 Å². The van der Waals surface area contributed by atoms with Gasteiger partial charge in [-0.05, 0) is 47.7 Å². The van der Waals surface area contributed by atoms with Crippen LogP contribution in [0.5, 0.6) is 0 Å². The van der Waals surface area contributed by atoms with Crippen LogP contribution in [0.3, 0.4) is 0 Å². The summed E-state index contributed by atoms with van der Waals surface area (Å²) < 4.78 is 28.2.